The Labute approximate surface area is 126 Å². The van der Waals surface area contributed by atoms with Gasteiger partial charge in [-0.1, -0.05) is 25.0 Å². The van der Waals surface area contributed by atoms with Crippen molar-refractivity contribution in [3.05, 3.63) is 35.4 Å². The third kappa shape index (κ3) is 4.05. The van der Waals surface area contributed by atoms with Crippen LogP contribution in [0.3, 0.4) is 0 Å². The van der Waals surface area contributed by atoms with E-state index in [1.54, 1.807) is 0 Å². The van der Waals surface area contributed by atoms with Crippen LogP contribution in [0.2, 0.25) is 0 Å². The highest BCUT2D eigenvalue weighted by Crippen LogP contribution is 2.18. The second-order valence-corrected chi connectivity index (χ2v) is 6.04. The molecule has 0 atom stereocenters. The van der Waals surface area contributed by atoms with Gasteiger partial charge in [-0.3, -0.25) is 9.69 Å². The van der Waals surface area contributed by atoms with Crippen LogP contribution in [0.1, 0.15) is 41.6 Å². The molecule has 1 amide bonds. The van der Waals surface area contributed by atoms with E-state index in [4.69, 9.17) is 4.74 Å². The van der Waals surface area contributed by atoms with Gasteiger partial charge in [0.15, 0.2) is 0 Å². The molecule has 1 saturated carbocycles. The van der Waals surface area contributed by atoms with Crippen molar-refractivity contribution in [1.82, 2.24) is 10.2 Å². The van der Waals surface area contributed by atoms with Crippen LogP contribution in [0.15, 0.2) is 24.3 Å². The zero-order valence-electron chi connectivity index (χ0n) is 12.5. The summed E-state index contributed by atoms with van der Waals surface area (Å²) in [5, 5.41) is 3.15. The summed E-state index contributed by atoms with van der Waals surface area (Å²) in [6, 6.07) is 8.40. The molecular weight excluding hydrogens is 264 g/mol. The predicted octanol–water partition coefficient (Wildman–Crippen LogP) is 2.19. The number of ether oxygens (including phenoxy) is 1. The Bertz CT molecular complexity index is 477. The van der Waals surface area contributed by atoms with E-state index in [-0.39, 0.29) is 5.91 Å². The Morgan fingerprint density at radius 3 is 2.76 bits per heavy atom. The molecule has 1 aromatic carbocycles. The van der Waals surface area contributed by atoms with Crippen molar-refractivity contribution in [3.63, 3.8) is 0 Å². The van der Waals surface area contributed by atoms with E-state index in [9.17, 15) is 4.79 Å². The summed E-state index contributed by atoms with van der Waals surface area (Å²) in [6.45, 7) is 4.45. The number of nitrogens with zero attached hydrogens (tertiary/aromatic N) is 1. The van der Waals surface area contributed by atoms with E-state index in [0.717, 1.165) is 51.3 Å². The molecule has 2 aliphatic rings. The van der Waals surface area contributed by atoms with Gasteiger partial charge in [0.1, 0.15) is 0 Å². The van der Waals surface area contributed by atoms with Crippen LogP contribution in [0.5, 0.6) is 0 Å². The van der Waals surface area contributed by atoms with Crippen LogP contribution in [0.25, 0.3) is 0 Å². The standard InChI is InChI=1S/C17H24N2O2/c20-17(18-16-6-1-2-7-16)15-5-3-4-14(12-15)13-19-8-10-21-11-9-19/h3-5,12,16H,1-2,6-11,13H2,(H,18,20). The highest BCUT2D eigenvalue weighted by atomic mass is 16.5. The van der Waals surface area contributed by atoms with E-state index in [1.807, 2.05) is 18.2 Å². The third-order valence-corrected chi connectivity index (χ3v) is 4.39. The van der Waals surface area contributed by atoms with Crippen molar-refractivity contribution >= 4 is 5.91 Å². The van der Waals surface area contributed by atoms with E-state index in [1.165, 1.54) is 18.4 Å². The summed E-state index contributed by atoms with van der Waals surface area (Å²) in [6.07, 6.45) is 4.72. The molecule has 1 aliphatic heterocycles. The highest BCUT2D eigenvalue weighted by molar-refractivity contribution is 5.94. The van der Waals surface area contributed by atoms with Crippen molar-refractivity contribution in [1.29, 1.82) is 0 Å². The number of hydrogen-bond acceptors (Lipinski definition) is 3. The first kappa shape index (κ1) is 14.5. The topological polar surface area (TPSA) is 41.6 Å². The van der Waals surface area contributed by atoms with Gasteiger partial charge < -0.3 is 10.1 Å². The monoisotopic (exact) mass is 288 g/mol. The van der Waals surface area contributed by atoms with Crippen LogP contribution in [0, 0.1) is 0 Å². The summed E-state index contributed by atoms with van der Waals surface area (Å²) in [7, 11) is 0. The Morgan fingerprint density at radius 1 is 1.24 bits per heavy atom. The van der Waals surface area contributed by atoms with Gasteiger partial charge in [0, 0.05) is 31.2 Å². The third-order valence-electron chi connectivity index (χ3n) is 4.39. The lowest BCUT2D eigenvalue weighted by Crippen LogP contribution is -2.36. The molecule has 114 valence electrons. The van der Waals surface area contributed by atoms with Gasteiger partial charge in [-0.25, -0.2) is 0 Å². The highest BCUT2D eigenvalue weighted by Gasteiger charge is 2.18. The molecule has 0 spiro atoms. The summed E-state index contributed by atoms with van der Waals surface area (Å²) >= 11 is 0. The molecule has 2 fully saturated rings. The number of morpholine rings is 1. The van der Waals surface area contributed by atoms with Crippen LogP contribution >= 0.6 is 0 Å². The first-order valence-electron chi connectivity index (χ1n) is 8.01. The van der Waals surface area contributed by atoms with Crippen molar-refractivity contribution in [2.45, 2.75) is 38.3 Å². The fourth-order valence-corrected chi connectivity index (χ4v) is 3.17. The maximum atomic E-state index is 12.3. The number of carbonyl (C=O) groups is 1. The zero-order chi connectivity index (χ0) is 14.5. The van der Waals surface area contributed by atoms with Gasteiger partial charge in [-0.15, -0.1) is 0 Å². The Morgan fingerprint density at radius 2 is 2.00 bits per heavy atom. The summed E-state index contributed by atoms with van der Waals surface area (Å²) in [5.74, 6) is 0.0747. The maximum absolute atomic E-state index is 12.3. The number of amides is 1. The fraction of sp³-hybridized carbons (Fsp3) is 0.588. The number of benzene rings is 1. The minimum atomic E-state index is 0.0747. The second-order valence-electron chi connectivity index (χ2n) is 6.04. The molecule has 1 saturated heterocycles. The molecule has 0 aromatic heterocycles. The lowest BCUT2D eigenvalue weighted by atomic mass is 10.1. The predicted molar refractivity (Wildman–Crippen MR) is 82.3 cm³/mol. The quantitative estimate of drug-likeness (QED) is 0.923. The van der Waals surface area contributed by atoms with Crippen LogP contribution < -0.4 is 5.32 Å². The average molecular weight is 288 g/mol. The number of nitrogens with one attached hydrogen (secondary N) is 1. The number of hydrogen-bond donors (Lipinski definition) is 1. The second kappa shape index (κ2) is 7.05. The Hall–Kier alpha value is -1.39. The fourth-order valence-electron chi connectivity index (χ4n) is 3.17. The Balaban J connectivity index is 1.60. The normalized spacial score (nSPS) is 20.6. The van der Waals surface area contributed by atoms with E-state index in [0.29, 0.717) is 6.04 Å². The van der Waals surface area contributed by atoms with Crippen molar-refractivity contribution < 1.29 is 9.53 Å². The van der Waals surface area contributed by atoms with Gasteiger partial charge in [-0.05, 0) is 30.5 Å². The summed E-state index contributed by atoms with van der Waals surface area (Å²) in [4.78, 5) is 14.7. The summed E-state index contributed by atoms with van der Waals surface area (Å²) in [5.41, 5.74) is 1.99. The van der Waals surface area contributed by atoms with E-state index in [2.05, 4.69) is 16.3 Å². The maximum Gasteiger partial charge on any atom is 0.251 e. The molecule has 0 bridgehead atoms. The molecule has 0 unspecified atom stereocenters. The van der Waals surface area contributed by atoms with Crippen LogP contribution in [0.4, 0.5) is 0 Å². The molecule has 0 radical (unpaired) electrons. The van der Waals surface area contributed by atoms with E-state index >= 15 is 0 Å². The zero-order valence-corrected chi connectivity index (χ0v) is 12.5. The summed E-state index contributed by atoms with van der Waals surface area (Å²) < 4.78 is 5.37. The molecule has 1 N–H and O–H groups in total. The van der Waals surface area contributed by atoms with Crippen molar-refractivity contribution in [3.8, 4) is 0 Å². The molecule has 21 heavy (non-hydrogen) atoms. The average Bonchev–Trinajstić information content (AvgIpc) is 3.01. The van der Waals surface area contributed by atoms with Gasteiger partial charge >= 0.3 is 0 Å². The SMILES string of the molecule is O=C(NC1CCCC1)c1cccc(CN2CCOCC2)c1. The lowest BCUT2D eigenvalue weighted by Gasteiger charge is -2.26. The minimum Gasteiger partial charge on any atom is -0.379 e. The van der Waals surface area contributed by atoms with Crippen molar-refractivity contribution in [2.24, 2.45) is 0 Å². The lowest BCUT2D eigenvalue weighted by molar-refractivity contribution is 0.0342. The van der Waals surface area contributed by atoms with Gasteiger partial charge in [0.05, 0.1) is 13.2 Å². The molecule has 1 aromatic rings. The molecule has 3 rings (SSSR count). The molecule has 1 aliphatic carbocycles. The minimum absolute atomic E-state index is 0.0747. The molecular formula is C17H24N2O2. The Kier molecular flexibility index (Phi) is 4.88. The molecule has 4 heteroatoms. The smallest absolute Gasteiger partial charge is 0.251 e. The number of rotatable bonds is 4. The first-order chi connectivity index (χ1) is 10.3. The van der Waals surface area contributed by atoms with Crippen LogP contribution in [-0.4, -0.2) is 43.2 Å². The van der Waals surface area contributed by atoms with Gasteiger partial charge in [0.2, 0.25) is 0 Å². The van der Waals surface area contributed by atoms with Gasteiger partial charge in [-0.2, -0.15) is 0 Å². The number of carbonyl (C=O) groups excluding carboxylic acids is 1. The molecule has 4 nitrogen and oxygen atoms in total. The van der Waals surface area contributed by atoms with Gasteiger partial charge in [0.25, 0.3) is 5.91 Å². The van der Waals surface area contributed by atoms with E-state index < -0.39 is 0 Å². The van der Waals surface area contributed by atoms with Crippen LogP contribution in [-0.2, 0) is 11.3 Å². The largest absolute Gasteiger partial charge is 0.379 e. The molecule has 1 heterocycles. The first-order valence-corrected chi connectivity index (χ1v) is 8.01. The van der Waals surface area contributed by atoms with Crippen molar-refractivity contribution in [2.75, 3.05) is 26.3 Å².